The molecule has 1 unspecified atom stereocenters. The lowest BCUT2D eigenvalue weighted by atomic mass is 10.1. The minimum Gasteiger partial charge on any atom is -0.548 e. The standard InChI is InChI=1S/C12H11F2NO3/c13-8-1-7-2-9(4-10(7)11(14)3-8)15(6-16)5-12(17)18/h1,3,6,9H,2,4-5H2,(H,17,18)/p-1. The molecule has 1 atom stereocenters. The molecule has 0 N–H and O–H groups in total. The fraction of sp³-hybridized carbons (Fsp3) is 0.333. The number of carboxylic acids is 1. The second kappa shape index (κ2) is 4.72. The molecule has 4 nitrogen and oxygen atoms in total. The van der Waals surface area contributed by atoms with Gasteiger partial charge in [-0.2, -0.15) is 0 Å². The van der Waals surface area contributed by atoms with Crippen LogP contribution in [0.25, 0.3) is 0 Å². The van der Waals surface area contributed by atoms with Crippen molar-refractivity contribution < 1.29 is 23.5 Å². The van der Waals surface area contributed by atoms with Crippen LogP contribution in [0.15, 0.2) is 12.1 Å². The van der Waals surface area contributed by atoms with Gasteiger partial charge in [0.05, 0.1) is 12.5 Å². The van der Waals surface area contributed by atoms with Gasteiger partial charge in [0.2, 0.25) is 6.41 Å². The van der Waals surface area contributed by atoms with Crippen LogP contribution in [0.3, 0.4) is 0 Å². The highest BCUT2D eigenvalue weighted by Gasteiger charge is 2.28. The molecule has 0 fully saturated rings. The summed E-state index contributed by atoms with van der Waals surface area (Å²) < 4.78 is 26.5. The summed E-state index contributed by atoms with van der Waals surface area (Å²) in [6.07, 6.45) is 0.824. The Morgan fingerprint density at radius 1 is 1.44 bits per heavy atom. The number of benzene rings is 1. The Kier molecular flexibility index (Phi) is 3.27. The van der Waals surface area contributed by atoms with Crippen LogP contribution in [0.2, 0.25) is 0 Å². The Labute approximate surface area is 102 Å². The first-order valence-corrected chi connectivity index (χ1v) is 5.39. The molecule has 0 bridgehead atoms. The normalized spacial score (nSPS) is 17.3. The number of halogens is 2. The molecular formula is C12H10F2NO3-. The molecule has 0 saturated heterocycles. The van der Waals surface area contributed by atoms with Crippen LogP contribution in [0.1, 0.15) is 11.1 Å². The van der Waals surface area contributed by atoms with Gasteiger partial charge in [0.25, 0.3) is 0 Å². The average molecular weight is 254 g/mol. The maximum atomic E-state index is 13.5. The molecule has 1 aliphatic carbocycles. The zero-order valence-corrected chi connectivity index (χ0v) is 9.36. The van der Waals surface area contributed by atoms with E-state index in [0.29, 0.717) is 17.5 Å². The molecule has 0 aromatic heterocycles. The number of fused-ring (bicyclic) bond motifs is 1. The summed E-state index contributed by atoms with van der Waals surface area (Å²) in [7, 11) is 0. The number of aliphatic carboxylic acids is 1. The predicted molar refractivity (Wildman–Crippen MR) is 55.3 cm³/mol. The van der Waals surface area contributed by atoms with E-state index in [1.165, 1.54) is 6.07 Å². The van der Waals surface area contributed by atoms with Gasteiger partial charge in [-0.1, -0.05) is 0 Å². The molecule has 18 heavy (non-hydrogen) atoms. The topological polar surface area (TPSA) is 60.4 Å². The van der Waals surface area contributed by atoms with E-state index < -0.39 is 30.2 Å². The number of carbonyl (C=O) groups is 2. The van der Waals surface area contributed by atoms with Crippen LogP contribution >= 0.6 is 0 Å². The molecule has 0 spiro atoms. The SMILES string of the molecule is O=CN(CC(=O)[O-])C1Cc2cc(F)cc(F)c2C1. The number of hydrogen-bond donors (Lipinski definition) is 0. The van der Waals surface area contributed by atoms with Gasteiger partial charge in [0, 0.05) is 12.1 Å². The molecule has 2 rings (SSSR count). The van der Waals surface area contributed by atoms with Gasteiger partial charge < -0.3 is 14.8 Å². The summed E-state index contributed by atoms with van der Waals surface area (Å²) >= 11 is 0. The first-order valence-electron chi connectivity index (χ1n) is 5.39. The van der Waals surface area contributed by atoms with Crippen LogP contribution < -0.4 is 5.11 Å². The van der Waals surface area contributed by atoms with Crippen LogP contribution in [0.4, 0.5) is 8.78 Å². The molecule has 1 aliphatic rings. The fourth-order valence-corrected chi connectivity index (χ4v) is 2.27. The lowest BCUT2D eigenvalue weighted by Gasteiger charge is -2.24. The smallest absolute Gasteiger partial charge is 0.210 e. The zero-order chi connectivity index (χ0) is 13.3. The fourth-order valence-electron chi connectivity index (χ4n) is 2.27. The van der Waals surface area contributed by atoms with Crippen molar-refractivity contribution >= 4 is 12.4 Å². The number of carbonyl (C=O) groups excluding carboxylic acids is 2. The van der Waals surface area contributed by atoms with Crippen molar-refractivity contribution in [2.75, 3.05) is 6.54 Å². The van der Waals surface area contributed by atoms with Gasteiger partial charge in [0.15, 0.2) is 0 Å². The van der Waals surface area contributed by atoms with Crippen LogP contribution in [0, 0.1) is 11.6 Å². The molecule has 0 aliphatic heterocycles. The quantitative estimate of drug-likeness (QED) is 0.689. The average Bonchev–Trinajstić information content (AvgIpc) is 2.69. The van der Waals surface area contributed by atoms with Crippen molar-refractivity contribution in [2.45, 2.75) is 18.9 Å². The van der Waals surface area contributed by atoms with Crippen molar-refractivity contribution in [3.63, 3.8) is 0 Å². The minimum atomic E-state index is -1.38. The van der Waals surface area contributed by atoms with Gasteiger partial charge in [-0.25, -0.2) is 8.78 Å². The number of nitrogens with zero attached hydrogens (tertiary/aromatic N) is 1. The third-order valence-electron chi connectivity index (χ3n) is 3.06. The molecule has 0 heterocycles. The first kappa shape index (κ1) is 12.5. The number of amides is 1. The number of rotatable bonds is 4. The Bertz CT molecular complexity index is 504. The minimum absolute atomic E-state index is 0.188. The Morgan fingerprint density at radius 2 is 2.17 bits per heavy atom. The Hall–Kier alpha value is -1.98. The highest BCUT2D eigenvalue weighted by atomic mass is 19.1. The van der Waals surface area contributed by atoms with Crippen LogP contribution in [0.5, 0.6) is 0 Å². The summed E-state index contributed by atoms with van der Waals surface area (Å²) in [6, 6.07) is 1.53. The number of carboxylic acid groups (broad SMARTS) is 1. The summed E-state index contributed by atoms with van der Waals surface area (Å²) in [4.78, 5) is 22.3. The Morgan fingerprint density at radius 3 is 2.78 bits per heavy atom. The lowest BCUT2D eigenvalue weighted by molar-refractivity contribution is -0.306. The van der Waals surface area contributed by atoms with E-state index >= 15 is 0 Å². The van der Waals surface area contributed by atoms with Crippen molar-refractivity contribution in [1.29, 1.82) is 0 Å². The van der Waals surface area contributed by atoms with Gasteiger partial charge in [0.1, 0.15) is 11.6 Å². The predicted octanol–water partition coefficient (Wildman–Crippen LogP) is -0.360. The number of hydrogen-bond acceptors (Lipinski definition) is 3. The maximum absolute atomic E-state index is 13.5. The van der Waals surface area contributed by atoms with Gasteiger partial charge in [-0.3, -0.25) is 4.79 Å². The largest absolute Gasteiger partial charge is 0.548 e. The van der Waals surface area contributed by atoms with E-state index in [4.69, 9.17) is 0 Å². The molecule has 0 radical (unpaired) electrons. The van der Waals surface area contributed by atoms with Crippen LogP contribution in [-0.2, 0) is 22.4 Å². The van der Waals surface area contributed by atoms with E-state index in [1.54, 1.807) is 0 Å². The molecule has 1 aromatic rings. The molecular weight excluding hydrogens is 244 g/mol. The van der Waals surface area contributed by atoms with Crippen LogP contribution in [-0.4, -0.2) is 29.9 Å². The molecule has 0 saturated carbocycles. The molecule has 1 amide bonds. The van der Waals surface area contributed by atoms with Gasteiger partial charge in [-0.05, 0) is 30.0 Å². The van der Waals surface area contributed by atoms with E-state index in [9.17, 15) is 23.5 Å². The third kappa shape index (κ3) is 2.32. The van der Waals surface area contributed by atoms with E-state index in [1.807, 2.05) is 0 Å². The summed E-state index contributed by atoms with van der Waals surface area (Å²) in [6.45, 7) is -0.549. The monoisotopic (exact) mass is 254 g/mol. The summed E-state index contributed by atoms with van der Waals surface area (Å²) in [5, 5.41) is 10.5. The van der Waals surface area contributed by atoms with E-state index in [-0.39, 0.29) is 12.8 Å². The second-order valence-corrected chi connectivity index (χ2v) is 4.24. The molecule has 1 aromatic carbocycles. The third-order valence-corrected chi connectivity index (χ3v) is 3.06. The van der Waals surface area contributed by atoms with Gasteiger partial charge in [-0.15, -0.1) is 0 Å². The highest BCUT2D eigenvalue weighted by Crippen LogP contribution is 2.28. The molecule has 6 heteroatoms. The molecule has 96 valence electrons. The second-order valence-electron chi connectivity index (χ2n) is 4.24. The Balaban J connectivity index is 2.20. The first-order chi connectivity index (χ1) is 8.51. The summed E-state index contributed by atoms with van der Waals surface area (Å²) in [5.41, 5.74) is 0.814. The summed E-state index contributed by atoms with van der Waals surface area (Å²) in [5.74, 6) is -2.72. The van der Waals surface area contributed by atoms with Crippen molar-refractivity contribution in [3.8, 4) is 0 Å². The van der Waals surface area contributed by atoms with Gasteiger partial charge >= 0.3 is 0 Å². The van der Waals surface area contributed by atoms with E-state index in [0.717, 1.165) is 11.0 Å². The van der Waals surface area contributed by atoms with E-state index in [2.05, 4.69) is 0 Å². The maximum Gasteiger partial charge on any atom is 0.210 e. The lowest BCUT2D eigenvalue weighted by Crippen LogP contribution is -2.43. The van der Waals surface area contributed by atoms with Crippen molar-refractivity contribution in [2.24, 2.45) is 0 Å². The van der Waals surface area contributed by atoms with Crippen molar-refractivity contribution in [1.82, 2.24) is 4.90 Å². The van der Waals surface area contributed by atoms with Crippen molar-refractivity contribution in [3.05, 3.63) is 34.9 Å². The zero-order valence-electron chi connectivity index (χ0n) is 9.36. The highest BCUT2D eigenvalue weighted by molar-refractivity contribution is 5.70.